The molecule has 13 heavy (non-hydrogen) atoms. The van der Waals surface area contributed by atoms with Crippen LogP contribution in [0.5, 0.6) is 0 Å². The Kier molecular flexibility index (Phi) is 2.52. The molecule has 2 aliphatic carbocycles. The van der Waals surface area contributed by atoms with Crippen LogP contribution in [0.2, 0.25) is 0 Å². The predicted octanol–water partition coefficient (Wildman–Crippen LogP) is 2.96. The average Bonchev–Trinajstić information content (AvgIpc) is 2.47. The van der Waals surface area contributed by atoms with Crippen molar-refractivity contribution in [1.82, 2.24) is 0 Å². The summed E-state index contributed by atoms with van der Waals surface area (Å²) in [5.41, 5.74) is 0. The summed E-state index contributed by atoms with van der Waals surface area (Å²) in [5, 5.41) is 0. The minimum absolute atomic E-state index is 0.336. The quantitative estimate of drug-likeness (QED) is 0.564. The van der Waals surface area contributed by atoms with Crippen LogP contribution in [0, 0.1) is 17.8 Å². The van der Waals surface area contributed by atoms with Gasteiger partial charge < -0.3 is 0 Å². The van der Waals surface area contributed by atoms with Crippen LogP contribution in [0.25, 0.3) is 0 Å². The molecule has 0 radical (unpaired) electrons. The van der Waals surface area contributed by atoms with Gasteiger partial charge in [0.05, 0.1) is 0 Å². The van der Waals surface area contributed by atoms with E-state index in [1.54, 1.807) is 0 Å². The van der Waals surface area contributed by atoms with E-state index in [0.717, 1.165) is 19.3 Å². The van der Waals surface area contributed by atoms with Crippen molar-refractivity contribution in [3.05, 3.63) is 12.7 Å². The smallest absolute Gasteiger partial charge is 0.139 e. The Balaban J connectivity index is 2.15. The molecule has 2 aliphatic rings. The Morgan fingerprint density at radius 3 is 2.77 bits per heavy atom. The highest BCUT2D eigenvalue weighted by Gasteiger charge is 2.40. The third-order valence-corrected chi connectivity index (χ3v) is 3.71. The lowest BCUT2D eigenvalue weighted by Gasteiger charge is -2.16. The van der Waals surface area contributed by atoms with Crippen molar-refractivity contribution in [2.24, 2.45) is 17.8 Å². The van der Waals surface area contributed by atoms with Crippen molar-refractivity contribution in [3.8, 4) is 0 Å². The van der Waals surface area contributed by atoms with E-state index >= 15 is 0 Å². The van der Waals surface area contributed by atoms with Gasteiger partial charge >= 0.3 is 0 Å². The van der Waals surface area contributed by atoms with Crippen LogP contribution >= 0.6 is 0 Å². The van der Waals surface area contributed by atoms with E-state index < -0.39 is 0 Å². The van der Waals surface area contributed by atoms with Gasteiger partial charge in [-0.2, -0.15) is 0 Å². The molecule has 0 heterocycles. The summed E-state index contributed by atoms with van der Waals surface area (Å²) in [4.78, 5) is 11.9. The third-order valence-electron chi connectivity index (χ3n) is 3.71. The van der Waals surface area contributed by atoms with Gasteiger partial charge in [-0.25, -0.2) is 0 Å². The van der Waals surface area contributed by atoms with Crippen LogP contribution in [0.1, 0.15) is 38.5 Å². The average molecular weight is 178 g/mol. The molecule has 0 aliphatic heterocycles. The molecular formula is C12H18O. The molecule has 2 bridgehead atoms. The molecule has 0 aromatic carbocycles. The number of hydrogen-bond acceptors (Lipinski definition) is 1. The summed E-state index contributed by atoms with van der Waals surface area (Å²) >= 11 is 0. The Hall–Kier alpha value is -0.590. The minimum atomic E-state index is 0.336. The largest absolute Gasteiger partial charge is 0.299 e. The van der Waals surface area contributed by atoms with Crippen LogP contribution in [0.4, 0.5) is 0 Å². The molecule has 0 aromatic heterocycles. The van der Waals surface area contributed by atoms with Crippen molar-refractivity contribution in [2.75, 3.05) is 0 Å². The van der Waals surface area contributed by atoms with E-state index in [-0.39, 0.29) is 0 Å². The van der Waals surface area contributed by atoms with E-state index in [1.807, 2.05) is 6.08 Å². The van der Waals surface area contributed by atoms with Crippen molar-refractivity contribution in [1.29, 1.82) is 0 Å². The first kappa shape index (κ1) is 8.98. The highest BCUT2D eigenvalue weighted by Crippen LogP contribution is 2.41. The molecule has 0 saturated heterocycles. The summed E-state index contributed by atoms with van der Waals surface area (Å²) in [7, 11) is 0. The minimum Gasteiger partial charge on any atom is -0.299 e. The van der Waals surface area contributed by atoms with Crippen LogP contribution < -0.4 is 0 Å². The van der Waals surface area contributed by atoms with Crippen LogP contribution in [0.15, 0.2) is 12.7 Å². The second-order valence-electron chi connectivity index (χ2n) is 4.48. The normalized spacial score (nSPS) is 39.7. The molecule has 0 spiro atoms. The Morgan fingerprint density at radius 2 is 2.00 bits per heavy atom. The number of Topliss-reactive ketones (excluding diaryl/α,β-unsaturated/α-hetero) is 1. The summed E-state index contributed by atoms with van der Waals surface area (Å²) in [5.74, 6) is 1.76. The Bertz CT molecular complexity index is 219. The highest BCUT2D eigenvalue weighted by atomic mass is 16.1. The van der Waals surface area contributed by atoms with Gasteiger partial charge in [0.15, 0.2) is 0 Å². The van der Waals surface area contributed by atoms with Crippen LogP contribution in [-0.2, 0) is 4.79 Å². The molecule has 72 valence electrons. The van der Waals surface area contributed by atoms with Gasteiger partial charge in [0.1, 0.15) is 5.78 Å². The number of fused-ring (bicyclic) bond motifs is 2. The SMILES string of the molecule is C=C[C@H]1C[C@H]2CCCCC[C@H]1C2=O. The van der Waals surface area contributed by atoms with Crippen LogP contribution in [-0.4, -0.2) is 5.78 Å². The maximum Gasteiger partial charge on any atom is 0.139 e. The lowest BCUT2D eigenvalue weighted by molar-refractivity contribution is -0.124. The molecule has 2 rings (SSSR count). The molecule has 2 fully saturated rings. The summed E-state index contributed by atoms with van der Waals surface area (Å²) in [6.45, 7) is 3.85. The van der Waals surface area contributed by atoms with E-state index in [2.05, 4.69) is 6.58 Å². The Morgan fingerprint density at radius 1 is 1.23 bits per heavy atom. The molecule has 0 N–H and O–H groups in total. The predicted molar refractivity (Wildman–Crippen MR) is 53.4 cm³/mol. The van der Waals surface area contributed by atoms with Crippen molar-refractivity contribution < 1.29 is 4.79 Å². The standard InChI is InChI=1S/C12H18O/c1-2-9-8-10-6-4-3-5-7-11(9)12(10)13/h2,9-11H,1,3-8H2/t9-,10+,11+/m0/s1. The van der Waals surface area contributed by atoms with Gasteiger partial charge in [0, 0.05) is 11.8 Å². The van der Waals surface area contributed by atoms with Gasteiger partial charge in [0.25, 0.3) is 0 Å². The number of carbonyl (C=O) groups is 1. The number of hydrogen-bond donors (Lipinski definition) is 0. The van der Waals surface area contributed by atoms with E-state index in [1.165, 1.54) is 19.3 Å². The Labute approximate surface area is 80.2 Å². The van der Waals surface area contributed by atoms with Gasteiger partial charge in [-0.15, -0.1) is 6.58 Å². The van der Waals surface area contributed by atoms with E-state index in [9.17, 15) is 4.79 Å². The first-order chi connectivity index (χ1) is 6.33. The molecular weight excluding hydrogens is 160 g/mol. The maximum atomic E-state index is 11.9. The fourth-order valence-corrected chi connectivity index (χ4v) is 2.93. The fraction of sp³-hybridized carbons (Fsp3) is 0.750. The van der Waals surface area contributed by atoms with Crippen molar-refractivity contribution in [3.63, 3.8) is 0 Å². The molecule has 0 unspecified atom stereocenters. The molecule has 0 aromatic rings. The highest BCUT2D eigenvalue weighted by molar-refractivity contribution is 5.86. The van der Waals surface area contributed by atoms with Gasteiger partial charge in [0.2, 0.25) is 0 Å². The zero-order chi connectivity index (χ0) is 9.26. The number of allylic oxidation sites excluding steroid dienone is 1. The van der Waals surface area contributed by atoms with Gasteiger partial charge in [-0.1, -0.05) is 25.3 Å². The summed E-state index contributed by atoms with van der Waals surface area (Å²) < 4.78 is 0. The lowest BCUT2D eigenvalue weighted by atomic mass is 9.88. The van der Waals surface area contributed by atoms with Gasteiger partial charge in [-0.3, -0.25) is 4.79 Å². The topological polar surface area (TPSA) is 17.1 Å². The zero-order valence-corrected chi connectivity index (χ0v) is 8.17. The van der Waals surface area contributed by atoms with E-state index in [4.69, 9.17) is 0 Å². The summed E-state index contributed by atoms with van der Waals surface area (Å²) in [6, 6.07) is 0. The second kappa shape index (κ2) is 3.65. The van der Waals surface area contributed by atoms with E-state index in [0.29, 0.717) is 23.5 Å². The zero-order valence-electron chi connectivity index (χ0n) is 8.17. The number of rotatable bonds is 1. The first-order valence-electron chi connectivity index (χ1n) is 5.49. The van der Waals surface area contributed by atoms with Crippen molar-refractivity contribution >= 4 is 5.78 Å². The second-order valence-corrected chi connectivity index (χ2v) is 4.48. The molecule has 1 nitrogen and oxygen atoms in total. The number of ketones is 1. The molecule has 0 amide bonds. The lowest BCUT2D eigenvalue weighted by Crippen LogP contribution is -2.18. The maximum absolute atomic E-state index is 11.9. The van der Waals surface area contributed by atoms with Gasteiger partial charge in [-0.05, 0) is 25.2 Å². The first-order valence-corrected chi connectivity index (χ1v) is 5.49. The molecule has 2 saturated carbocycles. The molecule has 1 heteroatoms. The monoisotopic (exact) mass is 178 g/mol. The summed E-state index contributed by atoms with van der Waals surface area (Å²) in [6.07, 6.45) is 9.18. The van der Waals surface area contributed by atoms with Crippen molar-refractivity contribution in [2.45, 2.75) is 38.5 Å². The van der Waals surface area contributed by atoms with Crippen LogP contribution in [0.3, 0.4) is 0 Å². The third kappa shape index (κ3) is 1.56. The fourth-order valence-electron chi connectivity index (χ4n) is 2.93. The number of carbonyl (C=O) groups excluding carboxylic acids is 1. The molecule has 3 atom stereocenters.